The zero-order chi connectivity index (χ0) is 42.5. The van der Waals surface area contributed by atoms with Gasteiger partial charge in [0, 0.05) is 12.5 Å². The molecule has 0 atom stereocenters. The van der Waals surface area contributed by atoms with Crippen molar-refractivity contribution in [3.8, 4) is 28.7 Å². The van der Waals surface area contributed by atoms with Crippen LogP contribution in [0.25, 0.3) is 11.1 Å². The van der Waals surface area contributed by atoms with Crippen molar-refractivity contribution >= 4 is 23.9 Å². The van der Waals surface area contributed by atoms with Crippen molar-refractivity contribution in [3.63, 3.8) is 0 Å². The molecule has 0 heterocycles. The van der Waals surface area contributed by atoms with Gasteiger partial charge < -0.3 is 23.7 Å². The van der Waals surface area contributed by atoms with Gasteiger partial charge in [0.05, 0.1) is 36.3 Å². The number of benzene rings is 3. The molecule has 10 nitrogen and oxygen atoms in total. The van der Waals surface area contributed by atoms with Crippen LogP contribution in [0.2, 0.25) is 0 Å². The first-order valence-electron chi connectivity index (χ1n) is 21.5. The van der Waals surface area contributed by atoms with Crippen LogP contribution in [-0.2, 0) is 28.6 Å². The highest BCUT2D eigenvalue weighted by Crippen LogP contribution is 2.24. The molecule has 0 fully saturated rings. The summed E-state index contributed by atoms with van der Waals surface area (Å²) >= 11 is 0. The van der Waals surface area contributed by atoms with Gasteiger partial charge >= 0.3 is 23.9 Å². The number of hydrogen-bond acceptors (Lipinski definition) is 10. The van der Waals surface area contributed by atoms with Gasteiger partial charge in [-0.15, -0.1) is 0 Å². The van der Waals surface area contributed by atoms with Crippen LogP contribution in [0.1, 0.15) is 119 Å². The number of unbranched alkanes of at least 4 members (excludes halogenated alkanes) is 13. The molecule has 0 saturated heterocycles. The second-order valence-corrected chi connectivity index (χ2v) is 14.7. The topological polar surface area (TPSA) is 138 Å². The lowest BCUT2D eigenvalue weighted by atomic mass is 10.0. The van der Waals surface area contributed by atoms with Crippen molar-refractivity contribution in [2.45, 2.75) is 103 Å². The molecular formula is C50H59NO9. The average molecular weight is 818 g/mol. The highest BCUT2D eigenvalue weighted by molar-refractivity contribution is 5.91. The van der Waals surface area contributed by atoms with E-state index < -0.39 is 11.9 Å². The first kappa shape index (κ1) is 46.7. The van der Waals surface area contributed by atoms with Crippen molar-refractivity contribution in [1.29, 1.82) is 5.26 Å². The van der Waals surface area contributed by atoms with Gasteiger partial charge in [0.25, 0.3) is 0 Å². The predicted molar refractivity (Wildman–Crippen MR) is 231 cm³/mol. The predicted octanol–water partition coefficient (Wildman–Crippen LogP) is 11.0. The molecule has 0 aliphatic heterocycles. The Kier molecular flexibility index (Phi) is 22.2. The van der Waals surface area contributed by atoms with E-state index in [1.165, 1.54) is 18.9 Å². The van der Waals surface area contributed by atoms with E-state index >= 15 is 0 Å². The molecule has 0 N–H and O–H groups in total. The summed E-state index contributed by atoms with van der Waals surface area (Å²) < 4.78 is 27.0. The Morgan fingerprint density at radius 2 is 1.12 bits per heavy atom. The van der Waals surface area contributed by atoms with E-state index in [2.05, 4.69) is 6.07 Å². The van der Waals surface area contributed by atoms with Crippen molar-refractivity contribution in [1.82, 2.24) is 0 Å². The second-order valence-electron chi connectivity index (χ2n) is 14.7. The molecule has 3 aromatic carbocycles. The van der Waals surface area contributed by atoms with Gasteiger partial charge in [-0.2, -0.15) is 5.26 Å². The Morgan fingerprint density at radius 1 is 0.567 bits per heavy atom. The van der Waals surface area contributed by atoms with E-state index in [0.717, 1.165) is 100 Å². The minimum absolute atomic E-state index is 0.0381. The Morgan fingerprint density at radius 3 is 1.77 bits per heavy atom. The summed E-state index contributed by atoms with van der Waals surface area (Å²) in [5.74, 6) is -0.482. The van der Waals surface area contributed by atoms with Crippen LogP contribution >= 0.6 is 0 Å². The number of hydrogen-bond donors (Lipinski definition) is 0. The van der Waals surface area contributed by atoms with Crippen molar-refractivity contribution in [3.05, 3.63) is 120 Å². The molecule has 10 heteroatoms. The van der Waals surface area contributed by atoms with E-state index in [1.807, 2.05) is 30.3 Å². The molecule has 0 bridgehead atoms. The molecular weight excluding hydrogens is 759 g/mol. The Hall–Kier alpha value is -5.95. The Labute approximate surface area is 355 Å². The van der Waals surface area contributed by atoms with Gasteiger partial charge in [-0.25, -0.2) is 9.59 Å². The first-order valence-corrected chi connectivity index (χ1v) is 21.5. The third-order valence-electron chi connectivity index (χ3n) is 9.92. The summed E-state index contributed by atoms with van der Waals surface area (Å²) in [5.41, 5.74) is 3.00. The van der Waals surface area contributed by atoms with Gasteiger partial charge in [0.1, 0.15) is 24.7 Å². The largest absolute Gasteiger partial charge is 0.494 e. The number of carbonyl (C=O) groups excluding carboxylic acids is 4. The number of ether oxygens (including phenoxy) is 5. The summed E-state index contributed by atoms with van der Waals surface area (Å²) in [6, 6.07) is 23.7. The molecule has 0 saturated carbocycles. The average Bonchev–Trinajstić information content (AvgIpc) is 3.82. The van der Waals surface area contributed by atoms with Crippen LogP contribution in [-0.4, -0.2) is 50.3 Å². The van der Waals surface area contributed by atoms with E-state index in [4.69, 9.17) is 28.9 Å². The smallest absolute Gasteiger partial charge is 0.343 e. The standard InChI is InChI=1S/C50H59NO9/c51-39-40-23-25-41(26-24-40)42-27-33-46(34-28-42)60-50(55)44-29-31-45(32-30-44)56-35-17-11-7-3-4-8-12-18-36-57-47(52)21-13-9-5-1-2-6-10-14-22-48(53)58-37-38-59-49(54)43-19-15-16-20-43/h14-16,19-20,22-34,43H,1-13,17-18,21,35-38H2/b22-14+. The fourth-order valence-electron chi connectivity index (χ4n) is 6.45. The van der Waals surface area contributed by atoms with E-state index in [-0.39, 0.29) is 31.1 Å². The van der Waals surface area contributed by atoms with Crippen LogP contribution in [0.4, 0.5) is 0 Å². The number of carbonyl (C=O) groups is 4. The molecule has 60 heavy (non-hydrogen) atoms. The number of esters is 4. The van der Waals surface area contributed by atoms with Gasteiger partial charge in [-0.3, -0.25) is 9.59 Å². The van der Waals surface area contributed by atoms with Crippen molar-refractivity contribution in [2.75, 3.05) is 26.4 Å². The maximum Gasteiger partial charge on any atom is 0.343 e. The lowest BCUT2D eigenvalue weighted by molar-refractivity contribution is -0.150. The van der Waals surface area contributed by atoms with Gasteiger partial charge in [-0.1, -0.05) is 119 Å². The maximum atomic E-state index is 12.7. The molecule has 0 spiro atoms. The molecule has 0 amide bonds. The molecule has 0 unspecified atom stereocenters. The highest BCUT2D eigenvalue weighted by Gasteiger charge is 2.15. The minimum Gasteiger partial charge on any atom is -0.494 e. The quantitative estimate of drug-likeness (QED) is 0.0219. The lowest BCUT2D eigenvalue weighted by Gasteiger charge is -2.08. The zero-order valence-corrected chi connectivity index (χ0v) is 34.7. The summed E-state index contributed by atoms with van der Waals surface area (Å²) in [6.45, 7) is 1.21. The summed E-state index contributed by atoms with van der Waals surface area (Å²) in [5, 5.41) is 8.98. The molecule has 3 aromatic rings. The van der Waals surface area contributed by atoms with Crippen LogP contribution in [0, 0.1) is 17.2 Å². The molecule has 0 radical (unpaired) electrons. The third kappa shape index (κ3) is 19.2. The minimum atomic E-state index is -0.434. The zero-order valence-electron chi connectivity index (χ0n) is 34.7. The van der Waals surface area contributed by atoms with Crippen LogP contribution < -0.4 is 9.47 Å². The fourth-order valence-corrected chi connectivity index (χ4v) is 6.45. The summed E-state index contributed by atoms with van der Waals surface area (Å²) in [4.78, 5) is 48.2. The van der Waals surface area contributed by atoms with E-state index in [1.54, 1.807) is 72.8 Å². The molecule has 4 rings (SSSR count). The maximum absolute atomic E-state index is 12.7. The van der Waals surface area contributed by atoms with E-state index in [0.29, 0.717) is 36.5 Å². The number of nitrogens with zero attached hydrogens (tertiary/aromatic N) is 1. The van der Waals surface area contributed by atoms with Gasteiger partial charge in [0.2, 0.25) is 0 Å². The van der Waals surface area contributed by atoms with Crippen molar-refractivity contribution < 1.29 is 42.9 Å². The van der Waals surface area contributed by atoms with Crippen LogP contribution in [0.15, 0.2) is 109 Å². The van der Waals surface area contributed by atoms with E-state index in [9.17, 15) is 19.2 Å². The number of allylic oxidation sites excluding steroid dienone is 3. The summed E-state index contributed by atoms with van der Waals surface area (Å²) in [7, 11) is 0. The molecule has 0 aromatic heterocycles. The van der Waals surface area contributed by atoms with Crippen molar-refractivity contribution in [2.24, 2.45) is 5.92 Å². The van der Waals surface area contributed by atoms with Gasteiger partial charge in [0.15, 0.2) is 0 Å². The Balaban J connectivity index is 0.876. The number of rotatable bonds is 29. The SMILES string of the molecule is N#Cc1ccc(-c2ccc(OC(=O)c3ccc(OCCCCCCCCCCOC(=O)CCCCCCCC/C=C/C(=O)OCCOC(=O)C4C=CC=C4)cc3)cc2)cc1. The lowest BCUT2D eigenvalue weighted by Crippen LogP contribution is -2.17. The van der Waals surface area contributed by atoms with Crippen LogP contribution in [0.5, 0.6) is 11.5 Å². The normalized spacial score (nSPS) is 12.0. The molecule has 1 aliphatic carbocycles. The fraction of sp³-hybridized carbons (Fsp3) is 0.420. The first-order chi connectivity index (χ1) is 29.4. The monoisotopic (exact) mass is 817 g/mol. The molecule has 1 aliphatic rings. The van der Waals surface area contributed by atoms with Crippen LogP contribution in [0.3, 0.4) is 0 Å². The summed E-state index contributed by atoms with van der Waals surface area (Å²) in [6.07, 6.45) is 26.4. The Bertz CT molecular complexity index is 1860. The van der Waals surface area contributed by atoms with Gasteiger partial charge in [-0.05, 0) is 91.8 Å². The third-order valence-corrected chi connectivity index (χ3v) is 9.92. The highest BCUT2D eigenvalue weighted by atomic mass is 16.6. The number of nitriles is 1. The molecule has 318 valence electrons. The second kappa shape index (κ2) is 28.5.